The van der Waals surface area contributed by atoms with Crippen LogP contribution in [0, 0.1) is 0 Å². The third-order valence-electron chi connectivity index (χ3n) is 2.02. The van der Waals surface area contributed by atoms with Crippen molar-refractivity contribution in [3.8, 4) is 0 Å². The molecule has 0 aliphatic heterocycles. The molecule has 1 aromatic heterocycles. The maximum Gasteiger partial charge on any atom is 0.357 e. The SMILES string of the molecule is O=C(O)c1ncsc1Nc1c(Cl)cc(Cl)cc1Cl. The van der Waals surface area contributed by atoms with Crippen molar-refractivity contribution in [2.24, 2.45) is 0 Å². The zero-order valence-corrected chi connectivity index (χ0v) is 11.7. The highest BCUT2D eigenvalue weighted by molar-refractivity contribution is 7.14. The minimum atomic E-state index is -1.13. The molecular formula is C10H5Cl3N2O2S. The highest BCUT2D eigenvalue weighted by Gasteiger charge is 2.16. The fraction of sp³-hybridized carbons (Fsp3) is 0. The van der Waals surface area contributed by atoms with Crippen LogP contribution in [-0.2, 0) is 0 Å². The monoisotopic (exact) mass is 322 g/mol. The topological polar surface area (TPSA) is 62.2 Å². The van der Waals surface area contributed by atoms with Crippen LogP contribution in [0.5, 0.6) is 0 Å². The van der Waals surface area contributed by atoms with Crippen molar-refractivity contribution in [1.29, 1.82) is 0 Å². The predicted octanol–water partition coefficient (Wildman–Crippen LogP) is 4.55. The summed E-state index contributed by atoms with van der Waals surface area (Å²) >= 11 is 18.9. The molecule has 0 fully saturated rings. The molecule has 0 aliphatic rings. The lowest BCUT2D eigenvalue weighted by Crippen LogP contribution is -2.01. The van der Waals surface area contributed by atoms with Crippen LogP contribution >= 0.6 is 46.1 Å². The zero-order valence-electron chi connectivity index (χ0n) is 8.58. The first-order chi connectivity index (χ1) is 8.49. The summed E-state index contributed by atoms with van der Waals surface area (Å²) in [6, 6.07) is 3.03. The van der Waals surface area contributed by atoms with E-state index in [9.17, 15) is 4.79 Å². The molecule has 2 rings (SSSR count). The van der Waals surface area contributed by atoms with Crippen molar-refractivity contribution in [2.75, 3.05) is 5.32 Å². The molecule has 2 aromatic rings. The van der Waals surface area contributed by atoms with Crippen LogP contribution in [0.3, 0.4) is 0 Å². The summed E-state index contributed by atoms with van der Waals surface area (Å²) in [4.78, 5) is 14.6. The zero-order chi connectivity index (χ0) is 13.3. The molecule has 0 atom stereocenters. The van der Waals surface area contributed by atoms with Crippen molar-refractivity contribution >= 4 is 62.8 Å². The molecule has 0 radical (unpaired) electrons. The number of nitrogens with zero attached hydrogens (tertiary/aromatic N) is 1. The summed E-state index contributed by atoms with van der Waals surface area (Å²) in [5.41, 5.74) is 1.74. The van der Waals surface area contributed by atoms with Gasteiger partial charge >= 0.3 is 5.97 Å². The Balaban J connectivity index is 2.40. The summed E-state index contributed by atoms with van der Waals surface area (Å²) in [6.07, 6.45) is 0. The predicted molar refractivity (Wildman–Crippen MR) is 73.8 cm³/mol. The Morgan fingerprint density at radius 2 is 1.89 bits per heavy atom. The van der Waals surface area contributed by atoms with Gasteiger partial charge in [0.15, 0.2) is 5.69 Å². The van der Waals surface area contributed by atoms with Crippen LogP contribution in [0.4, 0.5) is 10.7 Å². The van der Waals surface area contributed by atoms with Gasteiger partial charge in [-0.2, -0.15) is 0 Å². The number of anilines is 2. The van der Waals surface area contributed by atoms with E-state index in [0.717, 1.165) is 11.3 Å². The van der Waals surface area contributed by atoms with Crippen LogP contribution in [-0.4, -0.2) is 16.1 Å². The van der Waals surface area contributed by atoms with E-state index in [1.807, 2.05) is 0 Å². The molecule has 18 heavy (non-hydrogen) atoms. The molecule has 2 N–H and O–H groups in total. The number of hydrogen-bond donors (Lipinski definition) is 2. The largest absolute Gasteiger partial charge is 0.476 e. The summed E-state index contributed by atoms with van der Waals surface area (Å²) in [7, 11) is 0. The number of aromatic carboxylic acids is 1. The Hall–Kier alpha value is -1.01. The van der Waals surface area contributed by atoms with Crippen LogP contribution in [0.25, 0.3) is 0 Å². The number of nitrogens with one attached hydrogen (secondary N) is 1. The first-order valence-electron chi connectivity index (χ1n) is 4.57. The smallest absolute Gasteiger partial charge is 0.357 e. The van der Waals surface area contributed by atoms with Crippen molar-refractivity contribution in [2.45, 2.75) is 0 Å². The quantitative estimate of drug-likeness (QED) is 0.870. The molecule has 0 bridgehead atoms. The van der Waals surface area contributed by atoms with Gasteiger partial charge in [-0.05, 0) is 12.1 Å². The van der Waals surface area contributed by atoms with Gasteiger partial charge in [0.2, 0.25) is 0 Å². The molecule has 0 amide bonds. The normalized spacial score (nSPS) is 10.4. The number of carboxylic acids is 1. The van der Waals surface area contributed by atoms with Gasteiger partial charge < -0.3 is 10.4 Å². The van der Waals surface area contributed by atoms with Crippen molar-refractivity contribution in [1.82, 2.24) is 4.98 Å². The molecule has 8 heteroatoms. The number of hydrogen-bond acceptors (Lipinski definition) is 4. The Morgan fingerprint density at radius 1 is 1.28 bits per heavy atom. The van der Waals surface area contributed by atoms with Gasteiger partial charge in [-0.3, -0.25) is 0 Å². The summed E-state index contributed by atoms with van der Waals surface area (Å²) < 4.78 is 0. The van der Waals surface area contributed by atoms with E-state index in [4.69, 9.17) is 39.9 Å². The lowest BCUT2D eigenvalue weighted by Gasteiger charge is -2.09. The van der Waals surface area contributed by atoms with E-state index in [1.165, 1.54) is 17.6 Å². The fourth-order valence-electron chi connectivity index (χ4n) is 1.26. The molecule has 0 saturated carbocycles. The Labute approximate surface area is 121 Å². The average molecular weight is 324 g/mol. The summed E-state index contributed by atoms with van der Waals surface area (Å²) in [6.45, 7) is 0. The van der Waals surface area contributed by atoms with Crippen LogP contribution in [0.2, 0.25) is 15.1 Å². The van der Waals surface area contributed by atoms with Gasteiger partial charge in [0.25, 0.3) is 0 Å². The standard InChI is InChI=1S/C10H5Cl3N2O2S/c11-4-1-5(12)7(6(13)2-4)15-9-8(10(16)17)14-3-18-9/h1-3,15H,(H,16,17). The van der Waals surface area contributed by atoms with Crippen LogP contribution in [0.1, 0.15) is 10.5 Å². The molecule has 0 saturated heterocycles. The number of carboxylic acid groups (broad SMARTS) is 1. The summed E-state index contributed by atoms with van der Waals surface area (Å²) in [5, 5.41) is 13.1. The van der Waals surface area contributed by atoms with Crippen LogP contribution < -0.4 is 5.32 Å². The number of benzene rings is 1. The molecule has 4 nitrogen and oxygen atoms in total. The molecule has 0 unspecified atom stereocenters. The van der Waals surface area contributed by atoms with Crippen molar-refractivity contribution in [3.05, 3.63) is 38.4 Å². The van der Waals surface area contributed by atoms with Crippen LogP contribution in [0.15, 0.2) is 17.6 Å². The van der Waals surface area contributed by atoms with Gasteiger partial charge in [0, 0.05) is 5.02 Å². The van der Waals surface area contributed by atoms with Gasteiger partial charge in [-0.15, -0.1) is 11.3 Å². The summed E-state index contributed by atoms with van der Waals surface area (Å²) in [5.74, 6) is -1.13. The fourth-order valence-corrected chi connectivity index (χ4v) is 2.85. The first kappa shape index (κ1) is 13.4. The second kappa shape index (κ2) is 5.32. The minimum absolute atomic E-state index is 0.0814. The highest BCUT2D eigenvalue weighted by atomic mass is 35.5. The van der Waals surface area contributed by atoms with E-state index in [1.54, 1.807) is 0 Å². The second-order valence-electron chi connectivity index (χ2n) is 3.20. The van der Waals surface area contributed by atoms with E-state index in [2.05, 4.69) is 10.3 Å². The van der Waals surface area contributed by atoms with E-state index >= 15 is 0 Å². The number of thiazole rings is 1. The third kappa shape index (κ3) is 2.70. The molecule has 1 aromatic carbocycles. The van der Waals surface area contributed by atoms with Crippen molar-refractivity contribution in [3.63, 3.8) is 0 Å². The first-order valence-corrected chi connectivity index (χ1v) is 6.58. The number of halogens is 3. The van der Waals surface area contributed by atoms with E-state index < -0.39 is 5.97 Å². The second-order valence-corrected chi connectivity index (χ2v) is 5.31. The average Bonchev–Trinajstić information content (AvgIpc) is 2.71. The van der Waals surface area contributed by atoms with Crippen molar-refractivity contribution < 1.29 is 9.90 Å². The maximum absolute atomic E-state index is 10.9. The van der Waals surface area contributed by atoms with Gasteiger partial charge in [-0.1, -0.05) is 34.8 Å². The number of rotatable bonds is 3. The molecule has 0 spiro atoms. The molecule has 1 heterocycles. The lowest BCUT2D eigenvalue weighted by atomic mass is 10.3. The Bertz CT molecular complexity index is 592. The van der Waals surface area contributed by atoms with E-state index in [0.29, 0.717) is 25.8 Å². The number of aromatic nitrogens is 1. The number of carbonyl (C=O) groups is 1. The van der Waals surface area contributed by atoms with Gasteiger partial charge in [0.05, 0.1) is 21.2 Å². The maximum atomic E-state index is 10.9. The lowest BCUT2D eigenvalue weighted by molar-refractivity contribution is 0.0692. The highest BCUT2D eigenvalue weighted by Crippen LogP contribution is 2.37. The van der Waals surface area contributed by atoms with Gasteiger partial charge in [-0.25, -0.2) is 9.78 Å². The van der Waals surface area contributed by atoms with E-state index in [-0.39, 0.29) is 5.69 Å². The molecule has 0 aliphatic carbocycles. The Morgan fingerprint density at radius 3 is 2.44 bits per heavy atom. The molecular weight excluding hydrogens is 319 g/mol. The minimum Gasteiger partial charge on any atom is -0.476 e. The Kier molecular flexibility index (Phi) is 3.97. The van der Waals surface area contributed by atoms with Gasteiger partial charge in [0.1, 0.15) is 5.00 Å². The third-order valence-corrected chi connectivity index (χ3v) is 3.57. The molecule has 94 valence electrons.